The van der Waals surface area contributed by atoms with Crippen molar-refractivity contribution in [3.05, 3.63) is 312 Å². The summed E-state index contributed by atoms with van der Waals surface area (Å²) in [5.41, 5.74) is 13.7. The summed E-state index contributed by atoms with van der Waals surface area (Å²) in [4.78, 5) is 0. The van der Waals surface area contributed by atoms with Crippen molar-refractivity contribution in [1.82, 2.24) is 0 Å². The van der Waals surface area contributed by atoms with Gasteiger partial charge < -0.3 is 110 Å². The molecule has 5 atom stereocenters. The maximum absolute atomic E-state index is 13.2. The normalized spacial score (nSPS) is 11.3. The van der Waals surface area contributed by atoms with Crippen LogP contribution >= 0.6 is 95.6 Å². The molecule has 0 bridgehead atoms. The average molecular weight is 2320 g/mol. The third-order valence-electron chi connectivity index (χ3n) is 20.4. The molecule has 0 fully saturated rings. The van der Waals surface area contributed by atoms with E-state index < -0.39 is 53.7 Å². The van der Waals surface area contributed by atoms with Crippen LogP contribution in [0.3, 0.4) is 0 Å². The van der Waals surface area contributed by atoms with E-state index in [0.717, 1.165) is 165 Å². The first-order valence-electron chi connectivity index (χ1n) is 46.1. The van der Waals surface area contributed by atoms with Crippen LogP contribution in [0.2, 0.25) is 0 Å². The highest BCUT2D eigenvalue weighted by molar-refractivity contribution is 9.11. The third kappa shape index (κ3) is 63.2. The first kappa shape index (κ1) is 130. The number of aliphatic hydroxyl groups is 5. The predicted molar refractivity (Wildman–Crippen MR) is 590 cm³/mol. The second kappa shape index (κ2) is 73.1. The van der Waals surface area contributed by atoms with E-state index in [0.29, 0.717) is 147 Å². The Labute approximate surface area is 884 Å². The zero-order chi connectivity index (χ0) is 107. The number of rotatable bonds is 40. The van der Waals surface area contributed by atoms with Gasteiger partial charge in [-0.05, 0) is 424 Å². The summed E-state index contributed by atoms with van der Waals surface area (Å²) in [5.74, 6) is -2.37. The van der Waals surface area contributed by atoms with Crippen molar-refractivity contribution >= 4 is 153 Å². The van der Waals surface area contributed by atoms with E-state index in [4.69, 9.17) is 69.4 Å². The van der Waals surface area contributed by atoms with E-state index in [1.807, 2.05) is 58.0 Å². The highest BCUT2D eigenvalue weighted by Crippen LogP contribution is 2.35. The van der Waals surface area contributed by atoms with Crippen LogP contribution in [0.15, 0.2) is 227 Å². The number of benzene rings is 10. The van der Waals surface area contributed by atoms with Crippen molar-refractivity contribution < 1.29 is 78.1 Å². The van der Waals surface area contributed by atoms with E-state index in [-0.39, 0.29) is 35.1 Å². The number of aromatic hydroxyl groups is 6. The number of phenolic OH excluding ortho intramolecular Hbond substituents is 6. The molecular weight excluding hydrogens is 2180 g/mol. The first-order valence-corrected chi connectivity index (χ1v) is 50.9. The smallest absolute Gasteiger partial charge is 0.164 e. The Hall–Kier alpha value is -9.97. The maximum Gasteiger partial charge on any atom is 0.164 e. The summed E-state index contributed by atoms with van der Waals surface area (Å²) >= 11 is 20.3. The monoisotopic (exact) mass is 2320 g/mol. The fourth-order valence-electron chi connectivity index (χ4n) is 12.8. The molecule has 21 nitrogen and oxygen atoms in total. The topological polar surface area (TPSA) is 461 Å². The SMILES string of the molecule is CC(=N)CCCc1cc(O)cc([76Br])c1.CC(=N)CCCc1cc(O)ccc1[76Br].CC(=N)CCCc1cc([76Br])cc([76Br])c1O.CC(=N)CCCc1ccc([76Br])cc1.CC(=N)CCCc1cccc([76Br])c1.CC(=N)CC[C@H](O)c1cc(O)cc([18F])c1.CC(=N)CC[C@H](O)c1cc(O)ccc1[18F].CC(=N)CC[C@H](O)c1ccc([18F])c(O)c1.CC(=N)CC[C@H](O)c1cccc([18F])c1.CC(=N)CC[C@H](O)c1ccccc1[18F]. The molecule has 0 aliphatic heterocycles. The third-order valence-corrected chi connectivity index (χ3v) is 23.7. The van der Waals surface area contributed by atoms with Gasteiger partial charge in [0.15, 0.2) is 11.6 Å². The van der Waals surface area contributed by atoms with Gasteiger partial charge in [0.25, 0.3) is 0 Å². The molecular formula is C110H139Br6F5N10O11. The maximum atomic E-state index is 13.2. The van der Waals surface area contributed by atoms with Gasteiger partial charge in [-0.15, -0.1) is 0 Å². The van der Waals surface area contributed by atoms with Crippen LogP contribution in [0.1, 0.15) is 284 Å². The molecule has 10 aromatic rings. The van der Waals surface area contributed by atoms with Crippen LogP contribution in [0.4, 0.5) is 22.0 Å². The number of hydrogen-bond acceptors (Lipinski definition) is 21. The number of aryl methyl sites for hydroxylation is 5. The van der Waals surface area contributed by atoms with Gasteiger partial charge in [-0.1, -0.05) is 140 Å². The van der Waals surface area contributed by atoms with Crippen LogP contribution in [0.25, 0.3) is 0 Å². The summed E-state index contributed by atoms with van der Waals surface area (Å²) in [6.07, 6.45) is 14.2. The highest BCUT2D eigenvalue weighted by atomic mass is 75.9. The molecule has 0 amide bonds. The molecule has 0 saturated carbocycles. The van der Waals surface area contributed by atoms with E-state index in [9.17, 15) is 62.8 Å². The van der Waals surface area contributed by atoms with Crippen LogP contribution < -0.4 is 0 Å². The zero-order valence-electron chi connectivity index (χ0n) is 82.2. The fraction of sp³-hybridized carbons (Fsp3) is 0.364. The molecule has 142 heavy (non-hydrogen) atoms. The summed E-state index contributed by atoms with van der Waals surface area (Å²) in [6, 6.07) is 54.1. The number of hydrogen-bond donors (Lipinski definition) is 21. The van der Waals surface area contributed by atoms with Gasteiger partial charge in [-0.3, -0.25) is 0 Å². The van der Waals surface area contributed by atoms with Crippen molar-refractivity contribution in [1.29, 1.82) is 54.1 Å². The number of nitrogens with one attached hydrogen (secondary N) is 10. The molecule has 32 heteroatoms. The number of halogens is 11. The van der Waals surface area contributed by atoms with Crippen LogP contribution in [-0.4, -0.2) is 113 Å². The molecule has 10 aromatic carbocycles. The molecule has 10 rings (SSSR count). The summed E-state index contributed by atoms with van der Waals surface area (Å²) in [7, 11) is 0. The molecule has 0 unspecified atom stereocenters. The van der Waals surface area contributed by atoms with Crippen LogP contribution in [0.5, 0.6) is 34.5 Å². The number of aliphatic hydroxyl groups excluding tert-OH is 5. The molecule has 21 N–H and O–H groups in total. The predicted octanol–water partition coefficient (Wildman–Crippen LogP) is 31.4. The van der Waals surface area contributed by atoms with Gasteiger partial charge in [0.05, 0.1) is 35.0 Å². The Bertz CT molecular complexity index is 5590. The largest absolute Gasteiger partial charge is 0.508 e. The van der Waals surface area contributed by atoms with E-state index in [2.05, 4.69) is 138 Å². The molecule has 772 valence electrons. The molecule has 0 heterocycles. The summed E-state index contributed by atoms with van der Waals surface area (Å²) in [5, 5.41) is 176. The second-order valence-corrected chi connectivity index (χ2v) is 39.7. The number of phenols is 6. The standard InChI is InChI=1S/C11H13Br2NO.2C11H14BrNO.2C11H14BrN.3C11H14FNO2.2C11H14FNO/c1-7(14)3-2-4-8-5-9(12)6-10(13)11(8)15;1-8(13)3-2-4-9-5-10(12)7-11(14)6-9;1-8(13)3-2-4-9-7-10(14)5-6-11(9)12;1-9(13)4-2-5-10-6-3-7-11(12)8-10;1-9(13)3-2-4-10-5-7-11(12)8-6-10;1-7(13)2-5-11(15)9-6-8(14)3-4-10(9)12;1-7(13)2-5-10(14)8-3-4-9(12)11(15)6-8;1-7(13)2-3-11(15)8-4-9(12)6-10(14)5-8;1-8(13)5-6-11(14)9-3-2-4-10(12)7-9;1-8(13)6-7-11(14)9-4-2-3-5-10(9)12/h5-6,14-15H,2-4H2,1H3;2*5-7,13-14H,2-4H2,1H3;3,6-8,13H,2,4-5H2,1H3;5-8,13H,2-4H2,1H3;3-4,6,11,13-15H,2,5H2,1H3;3-4,6,10,13-15H,2,5H2,1H3;4-6,11,13-15H,2-3H2,1H3;2-4,7,11,13-14H,5-6H2,1H3;2-5,11,13-14H,6-7H2,1H3/t;;;;;11-;10-;3*11-/m.....00000/s1/i12-4,13-4;4*12-4;5*12-1. The van der Waals surface area contributed by atoms with Gasteiger partial charge >= 0.3 is 0 Å². The van der Waals surface area contributed by atoms with Gasteiger partial charge in [-0.25, -0.2) is 22.0 Å². The zero-order valence-corrected chi connectivity index (χ0v) is 91.7. The van der Waals surface area contributed by atoms with Gasteiger partial charge in [0.2, 0.25) is 0 Å². The summed E-state index contributed by atoms with van der Waals surface area (Å²) in [6.45, 7) is 17.5. The minimum Gasteiger partial charge on any atom is -0.508 e. The van der Waals surface area contributed by atoms with Gasteiger partial charge in [0, 0.05) is 96.7 Å². The molecule has 0 radical (unpaired) electrons. The van der Waals surface area contributed by atoms with Gasteiger partial charge in [-0.2, -0.15) is 0 Å². The van der Waals surface area contributed by atoms with Gasteiger partial charge in [0.1, 0.15) is 52.0 Å². The summed E-state index contributed by atoms with van der Waals surface area (Å²) < 4.78 is 70.6. The van der Waals surface area contributed by atoms with E-state index in [1.165, 1.54) is 65.7 Å². The van der Waals surface area contributed by atoms with Crippen molar-refractivity contribution in [2.24, 2.45) is 0 Å². The Balaban J connectivity index is 0.000000789. The fourth-order valence-corrected chi connectivity index (χ4v) is 15.8. The minimum absolute atomic E-state index is 0.0722. The highest BCUT2D eigenvalue weighted by Gasteiger charge is 2.18. The molecule has 0 saturated heterocycles. The van der Waals surface area contributed by atoms with Crippen LogP contribution in [-0.2, 0) is 32.1 Å². The van der Waals surface area contributed by atoms with E-state index in [1.54, 1.807) is 96.1 Å². The van der Waals surface area contributed by atoms with Crippen molar-refractivity contribution in [3.8, 4) is 34.5 Å². The average Bonchev–Trinajstić information content (AvgIpc) is 0.876. The lowest BCUT2D eigenvalue weighted by Crippen LogP contribution is -2.02. The second-order valence-electron chi connectivity index (χ2n) is 34.3. The lowest BCUT2D eigenvalue weighted by molar-refractivity contribution is 0.164. The molecule has 0 aliphatic carbocycles. The molecule has 0 aliphatic rings. The van der Waals surface area contributed by atoms with Crippen molar-refractivity contribution in [2.45, 2.75) is 260 Å². The Morgan fingerprint density at radius 3 is 1.12 bits per heavy atom. The van der Waals surface area contributed by atoms with Crippen LogP contribution in [0, 0.1) is 83.2 Å². The van der Waals surface area contributed by atoms with Crippen molar-refractivity contribution in [3.63, 3.8) is 0 Å². The molecule has 0 spiro atoms. The van der Waals surface area contributed by atoms with Crippen molar-refractivity contribution in [2.75, 3.05) is 0 Å². The Morgan fingerprint density at radius 1 is 0.254 bits per heavy atom. The lowest BCUT2D eigenvalue weighted by Gasteiger charge is -2.11. The Morgan fingerprint density at radius 2 is 0.648 bits per heavy atom. The van der Waals surface area contributed by atoms with E-state index >= 15 is 0 Å². The quantitative estimate of drug-likeness (QED) is 0.0126. The minimum atomic E-state index is -0.975. The lowest BCUT2D eigenvalue weighted by atomic mass is 10.0. The first-order chi connectivity index (χ1) is 66.7. The molecule has 0 aromatic heterocycles. The Kier molecular flexibility index (Phi) is 67.0.